The largest absolute Gasteiger partial charge is 0.399 e. The molecule has 1 aromatic heterocycles. The SMILES string of the molecule is Nc1ccc2nc(NCC(F)(F)CO)ccc2c1. The van der Waals surface area contributed by atoms with Crippen LogP contribution in [0.3, 0.4) is 0 Å². The summed E-state index contributed by atoms with van der Waals surface area (Å²) < 4.78 is 25.7. The smallest absolute Gasteiger partial charge is 0.287 e. The number of aliphatic hydroxyl groups excluding tert-OH is 1. The van der Waals surface area contributed by atoms with Crippen molar-refractivity contribution in [3.63, 3.8) is 0 Å². The molecule has 0 atom stereocenters. The van der Waals surface area contributed by atoms with Gasteiger partial charge in [0.1, 0.15) is 12.4 Å². The molecule has 0 saturated carbocycles. The van der Waals surface area contributed by atoms with Gasteiger partial charge >= 0.3 is 0 Å². The van der Waals surface area contributed by atoms with E-state index in [0.717, 1.165) is 5.39 Å². The lowest BCUT2D eigenvalue weighted by molar-refractivity contribution is -0.0373. The maximum absolute atomic E-state index is 12.8. The summed E-state index contributed by atoms with van der Waals surface area (Å²) >= 11 is 0. The third kappa shape index (κ3) is 2.84. The van der Waals surface area contributed by atoms with Gasteiger partial charge in [0.15, 0.2) is 0 Å². The Balaban J connectivity index is 2.18. The molecule has 96 valence electrons. The molecule has 2 rings (SSSR count). The zero-order valence-electron chi connectivity index (χ0n) is 9.53. The van der Waals surface area contributed by atoms with E-state index in [1.54, 1.807) is 30.3 Å². The number of aliphatic hydroxyl groups is 1. The second-order valence-electron chi connectivity index (χ2n) is 4.02. The predicted molar refractivity (Wildman–Crippen MR) is 66.7 cm³/mol. The van der Waals surface area contributed by atoms with Crippen molar-refractivity contribution in [3.05, 3.63) is 30.3 Å². The van der Waals surface area contributed by atoms with Crippen LogP contribution in [0.2, 0.25) is 0 Å². The molecule has 0 spiro atoms. The van der Waals surface area contributed by atoms with Gasteiger partial charge < -0.3 is 16.2 Å². The van der Waals surface area contributed by atoms with E-state index in [0.29, 0.717) is 17.0 Å². The molecule has 0 bridgehead atoms. The first-order chi connectivity index (χ1) is 8.50. The molecular weight excluding hydrogens is 240 g/mol. The molecule has 4 N–H and O–H groups in total. The number of hydrogen-bond acceptors (Lipinski definition) is 4. The Hall–Kier alpha value is -1.95. The monoisotopic (exact) mass is 253 g/mol. The van der Waals surface area contributed by atoms with Crippen molar-refractivity contribution in [2.24, 2.45) is 0 Å². The summed E-state index contributed by atoms with van der Waals surface area (Å²) in [6, 6.07) is 8.52. The van der Waals surface area contributed by atoms with Crippen LogP contribution in [0.15, 0.2) is 30.3 Å². The number of nitrogens with one attached hydrogen (secondary N) is 1. The van der Waals surface area contributed by atoms with Crippen LogP contribution in [0, 0.1) is 0 Å². The summed E-state index contributed by atoms with van der Waals surface area (Å²) in [6.07, 6.45) is 0. The zero-order chi connectivity index (χ0) is 13.2. The van der Waals surface area contributed by atoms with Gasteiger partial charge in [0.25, 0.3) is 5.92 Å². The van der Waals surface area contributed by atoms with E-state index in [-0.39, 0.29) is 0 Å². The topological polar surface area (TPSA) is 71.2 Å². The van der Waals surface area contributed by atoms with Crippen molar-refractivity contribution < 1.29 is 13.9 Å². The molecule has 2 aromatic rings. The Kier molecular flexibility index (Phi) is 3.29. The first-order valence-corrected chi connectivity index (χ1v) is 5.39. The predicted octanol–water partition coefficient (Wildman–Crippen LogP) is 1.86. The van der Waals surface area contributed by atoms with Gasteiger partial charge in [-0.2, -0.15) is 0 Å². The number of nitrogens with zero attached hydrogens (tertiary/aromatic N) is 1. The van der Waals surface area contributed by atoms with Gasteiger partial charge in [0.05, 0.1) is 12.1 Å². The third-order valence-electron chi connectivity index (χ3n) is 2.47. The van der Waals surface area contributed by atoms with Gasteiger partial charge in [-0.3, -0.25) is 0 Å². The second kappa shape index (κ2) is 4.73. The number of pyridine rings is 1. The number of aromatic nitrogens is 1. The van der Waals surface area contributed by atoms with Crippen LogP contribution in [-0.4, -0.2) is 29.2 Å². The number of hydrogen-bond donors (Lipinski definition) is 3. The van der Waals surface area contributed by atoms with Gasteiger partial charge in [-0.05, 0) is 30.3 Å². The first-order valence-electron chi connectivity index (χ1n) is 5.39. The molecule has 18 heavy (non-hydrogen) atoms. The molecule has 0 aliphatic rings. The highest BCUT2D eigenvalue weighted by atomic mass is 19.3. The summed E-state index contributed by atoms with van der Waals surface area (Å²) in [5, 5.41) is 11.8. The minimum Gasteiger partial charge on any atom is -0.399 e. The fourth-order valence-electron chi connectivity index (χ4n) is 1.52. The normalized spacial score (nSPS) is 11.7. The number of nitrogen functional groups attached to an aromatic ring is 1. The average molecular weight is 253 g/mol. The van der Waals surface area contributed by atoms with Crippen molar-refractivity contribution in [1.29, 1.82) is 0 Å². The van der Waals surface area contributed by atoms with Crippen molar-refractivity contribution in [3.8, 4) is 0 Å². The van der Waals surface area contributed by atoms with Gasteiger partial charge in [-0.1, -0.05) is 0 Å². The number of halogens is 2. The summed E-state index contributed by atoms with van der Waals surface area (Å²) in [4.78, 5) is 4.17. The lowest BCUT2D eigenvalue weighted by atomic mass is 10.2. The number of anilines is 2. The Morgan fingerprint density at radius 1 is 1.28 bits per heavy atom. The lowest BCUT2D eigenvalue weighted by Crippen LogP contribution is -2.31. The van der Waals surface area contributed by atoms with Gasteiger partial charge in [0.2, 0.25) is 0 Å². The molecule has 6 heteroatoms. The number of alkyl halides is 2. The average Bonchev–Trinajstić information content (AvgIpc) is 2.36. The molecule has 0 aliphatic carbocycles. The number of fused-ring (bicyclic) bond motifs is 1. The van der Waals surface area contributed by atoms with Crippen LogP contribution in [0.1, 0.15) is 0 Å². The van der Waals surface area contributed by atoms with Gasteiger partial charge in [-0.25, -0.2) is 13.8 Å². The molecule has 1 aromatic carbocycles. The standard InChI is InChI=1S/C12H13F2N3O/c13-12(14,7-18)6-16-11-4-1-8-5-9(15)2-3-10(8)17-11/h1-5,18H,6-7,15H2,(H,16,17). The van der Waals surface area contributed by atoms with Crippen molar-refractivity contribution >= 4 is 22.4 Å². The van der Waals surface area contributed by atoms with E-state index in [9.17, 15) is 8.78 Å². The number of benzene rings is 1. The van der Waals surface area contributed by atoms with Crippen LogP contribution in [0.25, 0.3) is 10.9 Å². The molecular formula is C12H13F2N3O. The van der Waals surface area contributed by atoms with Crippen LogP contribution < -0.4 is 11.1 Å². The highest BCUT2D eigenvalue weighted by molar-refractivity contribution is 5.83. The lowest BCUT2D eigenvalue weighted by Gasteiger charge is -2.14. The van der Waals surface area contributed by atoms with E-state index >= 15 is 0 Å². The third-order valence-corrected chi connectivity index (χ3v) is 2.47. The first kappa shape index (κ1) is 12.5. The molecule has 0 fully saturated rings. The van der Waals surface area contributed by atoms with Crippen LogP contribution in [0.4, 0.5) is 20.3 Å². The van der Waals surface area contributed by atoms with Crippen LogP contribution in [-0.2, 0) is 0 Å². The zero-order valence-corrected chi connectivity index (χ0v) is 9.53. The van der Waals surface area contributed by atoms with E-state index in [1.165, 1.54) is 0 Å². The maximum atomic E-state index is 12.8. The highest BCUT2D eigenvalue weighted by Gasteiger charge is 2.27. The Labute approximate surface area is 102 Å². The van der Waals surface area contributed by atoms with E-state index in [2.05, 4.69) is 10.3 Å². The quantitative estimate of drug-likeness (QED) is 0.727. The van der Waals surface area contributed by atoms with Crippen molar-refractivity contribution in [2.75, 3.05) is 24.2 Å². The maximum Gasteiger partial charge on any atom is 0.287 e. The summed E-state index contributed by atoms with van der Waals surface area (Å²) in [6.45, 7) is -1.85. The minimum atomic E-state index is -3.16. The minimum absolute atomic E-state index is 0.334. The van der Waals surface area contributed by atoms with Crippen LogP contribution in [0.5, 0.6) is 0 Å². The van der Waals surface area contributed by atoms with E-state index in [1.807, 2.05) is 0 Å². The molecule has 1 heterocycles. The van der Waals surface area contributed by atoms with Crippen molar-refractivity contribution in [2.45, 2.75) is 5.92 Å². The summed E-state index contributed by atoms with van der Waals surface area (Å²) in [7, 11) is 0. The van der Waals surface area contributed by atoms with E-state index in [4.69, 9.17) is 10.8 Å². The van der Waals surface area contributed by atoms with Gasteiger partial charge in [-0.15, -0.1) is 0 Å². The highest BCUT2D eigenvalue weighted by Crippen LogP contribution is 2.19. The van der Waals surface area contributed by atoms with Crippen LogP contribution >= 0.6 is 0 Å². The van der Waals surface area contributed by atoms with Crippen molar-refractivity contribution in [1.82, 2.24) is 4.98 Å². The molecule has 0 amide bonds. The van der Waals surface area contributed by atoms with E-state index < -0.39 is 19.1 Å². The Bertz CT molecular complexity index is 560. The fraction of sp³-hybridized carbons (Fsp3) is 0.250. The number of rotatable bonds is 4. The summed E-state index contributed by atoms with van der Waals surface area (Å²) in [5.41, 5.74) is 6.92. The molecule has 4 nitrogen and oxygen atoms in total. The molecule has 0 radical (unpaired) electrons. The Morgan fingerprint density at radius 2 is 2.06 bits per heavy atom. The molecule has 0 unspecified atom stereocenters. The molecule has 0 aliphatic heterocycles. The van der Waals surface area contributed by atoms with Gasteiger partial charge in [0, 0.05) is 11.1 Å². The second-order valence-corrected chi connectivity index (χ2v) is 4.02. The molecule has 0 saturated heterocycles. The number of nitrogens with two attached hydrogens (primary N) is 1. The fourth-order valence-corrected chi connectivity index (χ4v) is 1.52. The summed E-state index contributed by atoms with van der Waals surface area (Å²) in [5.74, 6) is -2.82. The Morgan fingerprint density at radius 3 is 2.78 bits per heavy atom.